The van der Waals surface area contributed by atoms with Crippen LogP contribution in [0.1, 0.15) is 51.9 Å². The van der Waals surface area contributed by atoms with Crippen LogP contribution in [0.4, 0.5) is 0 Å². The van der Waals surface area contributed by atoms with Gasteiger partial charge in [0.15, 0.2) is 0 Å². The van der Waals surface area contributed by atoms with Gasteiger partial charge in [0.1, 0.15) is 0 Å². The third-order valence-corrected chi connectivity index (χ3v) is 2.55. The van der Waals surface area contributed by atoms with Crippen LogP contribution in [0.15, 0.2) is 16.8 Å². The van der Waals surface area contributed by atoms with Crippen LogP contribution >= 0.6 is 0 Å². The van der Waals surface area contributed by atoms with Crippen molar-refractivity contribution in [3.63, 3.8) is 0 Å². The third kappa shape index (κ3) is 3.21. The summed E-state index contributed by atoms with van der Waals surface area (Å²) in [7, 11) is 0. The molecule has 1 saturated carbocycles. The minimum atomic E-state index is 0.919. The molecule has 0 saturated heterocycles. The predicted octanol–water partition coefficient (Wildman–Crippen LogP) is 3.51. The Morgan fingerprint density at radius 1 is 1.38 bits per heavy atom. The number of hydrogen-bond acceptors (Lipinski definition) is 2. The van der Waals surface area contributed by atoms with Crippen molar-refractivity contribution in [2.24, 2.45) is 5.16 Å². The molecule has 0 bridgehead atoms. The fraction of sp³-hybridized carbons (Fsp3) is 0.727. The van der Waals surface area contributed by atoms with Crippen LogP contribution < -0.4 is 0 Å². The smallest absolute Gasteiger partial charge is 0.0824 e. The van der Waals surface area contributed by atoms with Crippen molar-refractivity contribution >= 4 is 5.71 Å². The summed E-state index contributed by atoms with van der Waals surface area (Å²) >= 11 is 0. The quantitative estimate of drug-likeness (QED) is 0.403. The maximum absolute atomic E-state index is 8.77. The summed E-state index contributed by atoms with van der Waals surface area (Å²) in [5.74, 6) is 0. The SMILES string of the molecule is CCCCC=C1CCCCC1=NO. The second kappa shape index (κ2) is 5.79. The molecule has 0 heterocycles. The molecule has 1 aliphatic carbocycles. The van der Waals surface area contributed by atoms with Crippen molar-refractivity contribution in [2.45, 2.75) is 51.9 Å². The first-order valence-corrected chi connectivity index (χ1v) is 5.28. The van der Waals surface area contributed by atoms with E-state index in [9.17, 15) is 0 Å². The maximum Gasteiger partial charge on any atom is 0.0824 e. The third-order valence-electron chi connectivity index (χ3n) is 2.55. The minimum absolute atomic E-state index is 0.919. The van der Waals surface area contributed by atoms with E-state index in [-0.39, 0.29) is 0 Å². The second-order valence-corrected chi connectivity index (χ2v) is 3.63. The summed E-state index contributed by atoms with van der Waals surface area (Å²) in [4.78, 5) is 0. The first-order valence-electron chi connectivity index (χ1n) is 5.28. The lowest BCUT2D eigenvalue weighted by Gasteiger charge is -2.15. The molecular formula is C11H19NO. The van der Waals surface area contributed by atoms with E-state index in [0.717, 1.165) is 25.0 Å². The van der Waals surface area contributed by atoms with Gasteiger partial charge in [-0.15, -0.1) is 0 Å². The molecule has 0 aromatic rings. The van der Waals surface area contributed by atoms with Gasteiger partial charge in [0.25, 0.3) is 0 Å². The van der Waals surface area contributed by atoms with Crippen LogP contribution in [-0.4, -0.2) is 10.9 Å². The zero-order valence-electron chi connectivity index (χ0n) is 8.42. The van der Waals surface area contributed by atoms with Gasteiger partial charge >= 0.3 is 0 Å². The van der Waals surface area contributed by atoms with Gasteiger partial charge in [-0.1, -0.05) is 31.0 Å². The Bertz CT molecular complexity index is 206. The number of oxime groups is 1. The van der Waals surface area contributed by atoms with Crippen molar-refractivity contribution < 1.29 is 5.21 Å². The lowest BCUT2D eigenvalue weighted by molar-refractivity contribution is 0.316. The fourth-order valence-corrected chi connectivity index (χ4v) is 1.73. The van der Waals surface area contributed by atoms with E-state index in [1.807, 2.05) is 0 Å². The van der Waals surface area contributed by atoms with Gasteiger partial charge in [0, 0.05) is 0 Å². The summed E-state index contributed by atoms with van der Waals surface area (Å²) in [6.45, 7) is 2.19. The lowest BCUT2D eigenvalue weighted by Crippen LogP contribution is -2.09. The van der Waals surface area contributed by atoms with Crippen molar-refractivity contribution in [1.82, 2.24) is 0 Å². The molecule has 0 spiro atoms. The molecule has 1 N–H and O–H groups in total. The molecule has 1 fully saturated rings. The highest BCUT2D eigenvalue weighted by Crippen LogP contribution is 2.21. The molecule has 2 heteroatoms. The van der Waals surface area contributed by atoms with Gasteiger partial charge in [-0.3, -0.25) is 0 Å². The zero-order chi connectivity index (χ0) is 9.52. The van der Waals surface area contributed by atoms with Crippen molar-refractivity contribution in [3.8, 4) is 0 Å². The molecule has 13 heavy (non-hydrogen) atoms. The molecule has 2 nitrogen and oxygen atoms in total. The average molecular weight is 181 g/mol. The van der Waals surface area contributed by atoms with Gasteiger partial charge in [0.2, 0.25) is 0 Å². The van der Waals surface area contributed by atoms with Crippen LogP contribution in [0.2, 0.25) is 0 Å². The van der Waals surface area contributed by atoms with Crippen molar-refractivity contribution in [3.05, 3.63) is 11.6 Å². The number of unbranched alkanes of at least 4 members (excludes halogenated alkanes) is 2. The highest BCUT2D eigenvalue weighted by atomic mass is 16.4. The van der Waals surface area contributed by atoms with Crippen LogP contribution in [0.5, 0.6) is 0 Å². The average Bonchev–Trinajstić information content (AvgIpc) is 2.19. The molecule has 0 amide bonds. The van der Waals surface area contributed by atoms with Crippen LogP contribution in [0.3, 0.4) is 0 Å². The van der Waals surface area contributed by atoms with Gasteiger partial charge in [0.05, 0.1) is 5.71 Å². The Morgan fingerprint density at radius 2 is 2.15 bits per heavy atom. The van der Waals surface area contributed by atoms with Crippen LogP contribution in [0.25, 0.3) is 0 Å². The molecular weight excluding hydrogens is 162 g/mol. The molecule has 0 aliphatic heterocycles. The minimum Gasteiger partial charge on any atom is -0.411 e. The van der Waals surface area contributed by atoms with Gasteiger partial charge < -0.3 is 5.21 Å². The summed E-state index contributed by atoms with van der Waals surface area (Å²) in [6, 6.07) is 0. The topological polar surface area (TPSA) is 32.6 Å². The van der Waals surface area contributed by atoms with E-state index >= 15 is 0 Å². The Hall–Kier alpha value is -0.790. The van der Waals surface area contributed by atoms with Gasteiger partial charge in [-0.2, -0.15) is 0 Å². The van der Waals surface area contributed by atoms with Gasteiger partial charge in [-0.25, -0.2) is 0 Å². The second-order valence-electron chi connectivity index (χ2n) is 3.63. The summed E-state index contributed by atoms with van der Waals surface area (Å²) < 4.78 is 0. The Labute approximate surface area is 80.3 Å². The molecule has 0 aromatic carbocycles. The Morgan fingerprint density at radius 3 is 2.85 bits per heavy atom. The zero-order valence-corrected chi connectivity index (χ0v) is 8.42. The molecule has 1 rings (SSSR count). The fourth-order valence-electron chi connectivity index (χ4n) is 1.73. The first kappa shape index (κ1) is 10.3. The molecule has 1 aliphatic rings. The number of rotatable bonds is 3. The Balaban J connectivity index is 2.49. The molecule has 0 unspecified atom stereocenters. The van der Waals surface area contributed by atoms with Crippen molar-refractivity contribution in [1.29, 1.82) is 0 Å². The van der Waals surface area contributed by atoms with Crippen LogP contribution in [-0.2, 0) is 0 Å². The van der Waals surface area contributed by atoms with Crippen LogP contribution in [0, 0.1) is 0 Å². The number of hydrogen-bond donors (Lipinski definition) is 1. The van der Waals surface area contributed by atoms with E-state index in [0.29, 0.717) is 0 Å². The standard InChI is InChI=1S/C11H19NO/c1-2-3-4-7-10-8-5-6-9-11(10)12-13/h7,13H,2-6,8-9H2,1H3. The summed E-state index contributed by atoms with van der Waals surface area (Å²) in [5, 5.41) is 12.1. The van der Waals surface area contributed by atoms with E-state index in [4.69, 9.17) is 5.21 Å². The highest BCUT2D eigenvalue weighted by Gasteiger charge is 2.12. The number of allylic oxidation sites excluding steroid dienone is 2. The summed E-state index contributed by atoms with van der Waals surface area (Å²) in [6.07, 6.45) is 10.3. The monoisotopic (exact) mass is 181 g/mol. The van der Waals surface area contributed by atoms with E-state index in [2.05, 4.69) is 18.2 Å². The Kier molecular flexibility index (Phi) is 4.58. The summed E-state index contributed by atoms with van der Waals surface area (Å²) in [5.41, 5.74) is 2.20. The highest BCUT2D eigenvalue weighted by molar-refractivity contribution is 6.00. The molecule has 74 valence electrons. The van der Waals surface area contributed by atoms with Gasteiger partial charge in [-0.05, 0) is 37.7 Å². The first-order chi connectivity index (χ1) is 6.38. The molecule has 0 radical (unpaired) electrons. The lowest BCUT2D eigenvalue weighted by atomic mass is 9.92. The maximum atomic E-state index is 8.77. The molecule has 0 aromatic heterocycles. The predicted molar refractivity (Wildman–Crippen MR) is 55.3 cm³/mol. The molecule has 0 atom stereocenters. The normalized spacial score (nSPS) is 24.1. The van der Waals surface area contributed by atoms with E-state index in [1.165, 1.54) is 31.3 Å². The largest absolute Gasteiger partial charge is 0.411 e. The van der Waals surface area contributed by atoms with E-state index in [1.54, 1.807) is 0 Å². The van der Waals surface area contributed by atoms with E-state index < -0.39 is 0 Å². The van der Waals surface area contributed by atoms with Crippen molar-refractivity contribution in [2.75, 3.05) is 0 Å². The number of nitrogens with zero attached hydrogens (tertiary/aromatic N) is 1.